The first kappa shape index (κ1) is 16.8. The topological polar surface area (TPSA) is 26.7 Å². The minimum Gasteiger partial charge on any atom is -0.395 e. The van der Waals surface area contributed by atoms with E-state index in [0.717, 1.165) is 57.4 Å². The first-order valence-corrected chi connectivity index (χ1v) is 8.66. The molecule has 3 nitrogen and oxygen atoms in total. The Morgan fingerprint density at radius 1 is 1.00 bits per heavy atom. The van der Waals surface area contributed by atoms with Gasteiger partial charge in [-0.2, -0.15) is 0 Å². The molecule has 2 saturated heterocycles. The van der Waals surface area contributed by atoms with Crippen molar-refractivity contribution in [1.82, 2.24) is 9.80 Å². The third-order valence-electron chi connectivity index (χ3n) is 5.45. The SMILES string of the molecule is OCCN1CCC(C2CCN(Cc3cccc(F)c3F)CC2)C1. The van der Waals surface area contributed by atoms with Gasteiger partial charge in [0.2, 0.25) is 0 Å². The van der Waals surface area contributed by atoms with Crippen molar-refractivity contribution in [2.75, 3.05) is 39.3 Å². The lowest BCUT2D eigenvalue weighted by atomic mass is 9.83. The number of hydrogen-bond donors (Lipinski definition) is 1. The second kappa shape index (κ2) is 7.69. The van der Waals surface area contributed by atoms with Crippen molar-refractivity contribution in [1.29, 1.82) is 0 Å². The van der Waals surface area contributed by atoms with Crippen LogP contribution < -0.4 is 0 Å². The molecule has 1 N–H and O–H groups in total. The van der Waals surface area contributed by atoms with Gasteiger partial charge < -0.3 is 10.0 Å². The fourth-order valence-electron chi connectivity index (χ4n) is 4.09. The molecule has 1 aromatic carbocycles. The fourth-order valence-corrected chi connectivity index (χ4v) is 4.09. The standard InChI is InChI=1S/C18H26F2N2O/c19-17-3-1-2-16(18(17)20)13-21-7-4-14(5-8-21)15-6-9-22(12-15)10-11-23/h1-3,14-15,23H,4-13H2. The Balaban J connectivity index is 1.48. The van der Waals surface area contributed by atoms with Crippen LogP contribution in [-0.2, 0) is 6.54 Å². The highest BCUT2D eigenvalue weighted by Crippen LogP contribution is 2.32. The van der Waals surface area contributed by atoms with Gasteiger partial charge in [-0.25, -0.2) is 8.78 Å². The smallest absolute Gasteiger partial charge is 0.163 e. The summed E-state index contributed by atoms with van der Waals surface area (Å²) >= 11 is 0. The number of hydrogen-bond acceptors (Lipinski definition) is 3. The number of piperidine rings is 1. The molecule has 0 spiro atoms. The van der Waals surface area contributed by atoms with E-state index in [1.165, 1.54) is 12.5 Å². The third-order valence-corrected chi connectivity index (χ3v) is 5.45. The van der Waals surface area contributed by atoms with Gasteiger partial charge in [-0.1, -0.05) is 12.1 Å². The predicted octanol–water partition coefficient (Wildman–Crippen LogP) is 2.49. The average molecular weight is 324 g/mol. The van der Waals surface area contributed by atoms with Gasteiger partial charge in [-0.15, -0.1) is 0 Å². The molecule has 1 unspecified atom stereocenters. The molecule has 128 valence electrons. The summed E-state index contributed by atoms with van der Waals surface area (Å²) in [6.07, 6.45) is 3.49. The molecule has 23 heavy (non-hydrogen) atoms. The van der Waals surface area contributed by atoms with Crippen LogP contribution in [0.1, 0.15) is 24.8 Å². The van der Waals surface area contributed by atoms with Crippen LogP contribution in [0.25, 0.3) is 0 Å². The molecule has 1 atom stereocenters. The molecule has 2 fully saturated rings. The molecule has 1 aromatic rings. The Morgan fingerprint density at radius 3 is 2.43 bits per heavy atom. The number of benzene rings is 1. The second-order valence-electron chi connectivity index (χ2n) is 6.90. The van der Waals surface area contributed by atoms with Crippen molar-refractivity contribution in [3.8, 4) is 0 Å². The molecular weight excluding hydrogens is 298 g/mol. The van der Waals surface area contributed by atoms with E-state index in [4.69, 9.17) is 5.11 Å². The summed E-state index contributed by atoms with van der Waals surface area (Å²) in [6.45, 7) is 5.63. The van der Waals surface area contributed by atoms with Crippen LogP contribution in [0, 0.1) is 23.5 Å². The van der Waals surface area contributed by atoms with Crippen molar-refractivity contribution in [2.45, 2.75) is 25.8 Å². The van der Waals surface area contributed by atoms with Crippen molar-refractivity contribution in [2.24, 2.45) is 11.8 Å². The van der Waals surface area contributed by atoms with E-state index < -0.39 is 11.6 Å². The Labute approximate surface area is 136 Å². The van der Waals surface area contributed by atoms with Gasteiger partial charge in [-0.05, 0) is 56.8 Å². The molecule has 0 aliphatic carbocycles. The average Bonchev–Trinajstić information content (AvgIpc) is 3.02. The number of halogens is 2. The number of β-amino-alcohol motifs (C(OH)–C–C–N with tert-alkyl or cyclic N) is 1. The van der Waals surface area contributed by atoms with Gasteiger partial charge in [0.1, 0.15) is 0 Å². The van der Waals surface area contributed by atoms with Crippen LogP contribution in [0.4, 0.5) is 8.78 Å². The van der Waals surface area contributed by atoms with Gasteiger partial charge in [0.15, 0.2) is 11.6 Å². The van der Waals surface area contributed by atoms with E-state index >= 15 is 0 Å². The number of likely N-dealkylation sites (tertiary alicyclic amines) is 2. The van der Waals surface area contributed by atoms with E-state index in [0.29, 0.717) is 12.1 Å². The molecule has 2 aliphatic rings. The van der Waals surface area contributed by atoms with E-state index in [1.54, 1.807) is 12.1 Å². The normalized spacial score (nSPS) is 24.4. The monoisotopic (exact) mass is 324 g/mol. The number of aliphatic hydroxyl groups excluding tert-OH is 1. The summed E-state index contributed by atoms with van der Waals surface area (Å²) in [5.41, 5.74) is 0.457. The highest BCUT2D eigenvalue weighted by Gasteiger charge is 2.31. The quantitative estimate of drug-likeness (QED) is 0.901. The Bertz CT molecular complexity index is 518. The Morgan fingerprint density at radius 2 is 1.70 bits per heavy atom. The Kier molecular flexibility index (Phi) is 5.62. The lowest BCUT2D eigenvalue weighted by molar-refractivity contribution is 0.137. The number of aliphatic hydroxyl groups is 1. The zero-order chi connectivity index (χ0) is 16.2. The summed E-state index contributed by atoms with van der Waals surface area (Å²) in [6, 6.07) is 4.42. The Hall–Kier alpha value is -1.04. The van der Waals surface area contributed by atoms with E-state index in [1.807, 2.05) is 0 Å². The fraction of sp³-hybridized carbons (Fsp3) is 0.667. The van der Waals surface area contributed by atoms with Gasteiger partial charge in [0, 0.05) is 25.2 Å². The van der Waals surface area contributed by atoms with Crippen molar-refractivity contribution in [3.05, 3.63) is 35.4 Å². The lowest BCUT2D eigenvalue weighted by Crippen LogP contribution is -2.36. The minimum absolute atomic E-state index is 0.240. The maximum Gasteiger partial charge on any atom is 0.163 e. The summed E-state index contributed by atoms with van der Waals surface area (Å²) in [5, 5.41) is 9.03. The van der Waals surface area contributed by atoms with E-state index in [-0.39, 0.29) is 6.61 Å². The molecule has 0 aromatic heterocycles. The highest BCUT2D eigenvalue weighted by molar-refractivity contribution is 5.18. The van der Waals surface area contributed by atoms with Crippen LogP contribution in [0.15, 0.2) is 18.2 Å². The third kappa shape index (κ3) is 4.08. The van der Waals surface area contributed by atoms with Gasteiger partial charge in [0.25, 0.3) is 0 Å². The summed E-state index contributed by atoms with van der Waals surface area (Å²) in [7, 11) is 0. The van der Waals surface area contributed by atoms with Crippen molar-refractivity contribution >= 4 is 0 Å². The molecule has 3 rings (SSSR count). The van der Waals surface area contributed by atoms with Gasteiger partial charge in [-0.3, -0.25) is 4.90 Å². The second-order valence-corrected chi connectivity index (χ2v) is 6.90. The van der Waals surface area contributed by atoms with Gasteiger partial charge in [0.05, 0.1) is 6.61 Å². The number of nitrogens with zero attached hydrogens (tertiary/aromatic N) is 2. The van der Waals surface area contributed by atoms with Crippen LogP contribution in [0.2, 0.25) is 0 Å². The summed E-state index contributed by atoms with van der Waals surface area (Å²) in [4.78, 5) is 4.58. The highest BCUT2D eigenvalue weighted by atomic mass is 19.2. The summed E-state index contributed by atoms with van der Waals surface area (Å²) in [5.74, 6) is -0.000664. The van der Waals surface area contributed by atoms with Crippen LogP contribution in [0.3, 0.4) is 0 Å². The molecule has 0 bridgehead atoms. The van der Waals surface area contributed by atoms with Crippen LogP contribution in [-0.4, -0.2) is 54.2 Å². The number of rotatable bonds is 5. The maximum absolute atomic E-state index is 13.8. The van der Waals surface area contributed by atoms with Gasteiger partial charge >= 0.3 is 0 Å². The first-order valence-electron chi connectivity index (χ1n) is 8.66. The lowest BCUT2D eigenvalue weighted by Gasteiger charge is -2.35. The zero-order valence-electron chi connectivity index (χ0n) is 13.6. The zero-order valence-corrected chi connectivity index (χ0v) is 13.6. The molecule has 0 saturated carbocycles. The van der Waals surface area contributed by atoms with E-state index in [2.05, 4.69) is 9.80 Å². The molecular formula is C18H26F2N2O. The molecule has 0 amide bonds. The largest absolute Gasteiger partial charge is 0.395 e. The molecule has 5 heteroatoms. The first-order chi connectivity index (χ1) is 11.2. The van der Waals surface area contributed by atoms with Crippen molar-refractivity contribution in [3.63, 3.8) is 0 Å². The molecule has 2 aliphatic heterocycles. The molecule has 0 radical (unpaired) electrons. The minimum atomic E-state index is -0.757. The van der Waals surface area contributed by atoms with Crippen molar-refractivity contribution < 1.29 is 13.9 Å². The van der Waals surface area contributed by atoms with Crippen LogP contribution in [0.5, 0.6) is 0 Å². The summed E-state index contributed by atoms with van der Waals surface area (Å²) < 4.78 is 27.1. The predicted molar refractivity (Wildman–Crippen MR) is 86.0 cm³/mol. The molecule has 2 heterocycles. The van der Waals surface area contributed by atoms with Crippen LogP contribution >= 0.6 is 0 Å². The maximum atomic E-state index is 13.8. The van der Waals surface area contributed by atoms with E-state index in [9.17, 15) is 8.78 Å².